The monoisotopic (exact) mass is 264 g/mol. The smallest absolute Gasteiger partial charge is 0.142 e. The predicted octanol–water partition coefficient (Wildman–Crippen LogP) is 2.33. The average Bonchev–Trinajstić information content (AvgIpc) is 2.83. The van der Waals surface area contributed by atoms with Crippen LogP contribution in [0.15, 0.2) is 12.1 Å². The fourth-order valence-corrected chi connectivity index (χ4v) is 2.94. The van der Waals surface area contributed by atoms with Gasteiger partial charge in [0.05, 0.1) is 19.9 Å². The number of aryl methyl sites for hydroxylation is 1. The summed E-state index contributed by atoms with van der Waals surface area (Å²) in [5.74, 6) is 1.76. The zero-order chi connectivity index (χ0) is 14.0. The number of methoxy groups -OCH3 is 2. The first kappa shape index (κ1) is 14.0. The zero-order valence-electron chi connectivity index (χ0n) is 12.3. The molecule has 0 aliphatic heterocycles. The SMILES string of the molecule is COc1cc(N(C)C2CCCC2N)c(OC)cc1C. The highest BCUT2D eigenvalue weighted by Crippen LogP contribution is 2.37. The molecular formula is C15H24N2O2. The predicted molar refractivity (Wildman–Crippen MR) is 78.3 cm³/mol. The fourth-order valence-electron chi connectivity index (χ4n) is 2.94. The van der Waals surface area contributed by atoms with Crippen LogP contribution in [-0.2, 0) is 0 Å². The van der Waals surface area contributed by atoms with Gasteiger partial charge in [-0.25, -0.2) is 0 Å². The number of anilines is 1. The lowest BCUT2D eigenvalue weighted by Crippen LogP contribution is -2.42. The van der Waals surface area contributed by atoms with E-state index < -0.39 is 0 Å². The third-order valence-corrected chi connectivity index (χ3v) is 4.11. The Morgan fingerprint density at radius 3 is 2.37 bits per heavy atom. The van der Waals surface area contributed by atoms with Gasteiger partial charge in [-0.05, 0) is 37.8 Å². The minimum atomic E-state index is 0.238. The summed E-state index contributed by atoms with van der Waals surface area (Å²) in [6.07, 6.45) is 3.43. The Morgan fingerprint density at radius 2 is 1.84 bits per heavy atom. The highest BCUT2D eigenvalue weighted by molar-refractivity contribution is 5.64. The van der Waals surface area contributed by atoms with Crippen molar-refractivity contribution in [2.24, 2.45) is 5.73 Å². The van der Waals surface area contributed by atoms with Crippen LogP contribution in [0.2, 0.25) is 0 Å². The van der Waals surface area contributed by atoms with E-state index in [1.807, 2.05) is 19.1 Å². The van der Waals surface area contributed by atoms with Crippen molar-refractivity contribution in [2.75, 3.05) is 26.2 Å². The lowest BCUT2D eigenvalue weighted by atomic mass is 10.1. The van der Waals surface area contributed by atoms with E-state index in [0.717, 1.165) is 35.6 Å². The molecule has 19 heavy (non-hydrogen) atoms. The molecule has 2 N–H and O–H groups in total. The normalized spacial score (nSPS) is 22.4. The molecule has 0 amide bonds. The van der Waals surface area contributed by atoms with Gasteiger partial charge in [0.1, 0.15) is 11.5 Å². The summed E-state index contributed by atoms with van der Waals surface area (Å²) >= 11 is 0. The van der Waals surface area contributed by atoms with E-state index in [4.69, 9.17) is 15.2 Å². The molecule has 0 saturated heterocycles. The Labute approximate surface area is 115 Å². The Hall–Kier alpha value is -1.42. The number of benzene rings is 1. The molecule has 0 bridgehead atoms. The second kappa shape index (κ2) is 5.70. The molecule has 1 aromatic rings. The van der Waals surface area contributed by atoms with Gasteiger partial charge in [0, 0.05) is 25.2 Å². The number of hydrogen-bond acceptors (Lipinski definition) is 4. The third-order valence-electron chi connectivity index (χ3n) is 4.11. The molecule has 4 heteroatoms. The molecule has 1 aromatic carbocycles. The van der Waals surface area contributed by atoms with Crippen molar-refractivity contribution < 1.29 is 9.47 Å². The van der Waals surface area contributed by atoms with E-state index in [1.165, 1.54) is 6.42 Å². The van der Waals surface area contributed by atoms with Crippen LogP contribution in [0, 0.1) is 6.92 Å². The van der Waals surface area contributed by atoms with Crippen LogP contribution < -0.4 is 20.1 Å². The van der Waals surface area contributed by atoms with Crippen LogP contribution in [0.3, 0.4) is 0 Å². The molecule has 0 radical (unpaired) electrons. The van der Waals surface area contributed by atoms with Crippen molar-refractivity contribution in [2.45, 2.75) is 38.3 Å². The molecule has 0 aromatic heterocycles. The molecular weight excluding hydrogens is 240 g/mol. The lowest BCUT2D eigenvalue weighted by Gasteiger charge is -2.31. The highest BCUT2D eigenvalue weighted by atomic mass is 16.5. The molecule has 2 rings (SSSR count). The van der Waals surface area contributed by atoms with E-state index in [1.54, 1.807) is 14.2 Å². The molecule has 0 spiro atoms. The van der Waals surface area contributed by atoms with Crippen molar-refractivity contribution in [3.8, 4) is 11.5 Å². The largest absolute Gasteiger partial charge is 0.496 e. The number of nitrogens with zero attached hydrogens (tertiary/aromatic N) is 1. The first-order valence-corrected chi connectivity index (χ1v) is 6.79. The van der Waals surface area contributed by atoms with E-state index in [-0.39, 0.29) is 6.04 Å². The van der Waals surface area contributed by atoms with E-state index in [2.05, 4.69) is 11.9 Å². The van der Waals surface area contributed by atoms with Crippen molar-refractivity contribution in [3.05, 3.63) is 17.7 Å². The first-order valence-electron chi connectivity index (χ1n) is 6.79. The van der Waals surface area contributed by atoms with E-state index in [0.29, 0.717) is 6.04 Å². The van der Waals surface area contributed by atoms with Gasteiger partial charge >= 0.3 is 0 Å². The van der Waals surface area contributed by atoms with Crippen molar-refractivity contribution in [3.63, 3.8) is 0 Å². The second-order valence-corrected chi connectivity index (χ2v) is 5.27. The molecule has 1 fully saturated rings. The van der Waals surface area contributed by atoms with Gasteiger partial charge in [-0.2, -0.15) is 0 Å². The molecule has 2 atom stereocenters. The topological polar surface area (TPSA) is 47.7 Å². The molecule has 1 aliphatic carbocycles. The third kappa shape index (κ3) is 2.63. The summed E-state index contributed by atoms with van der Waals surface area (Å²) in [5.41, 5.74) is 8.32. The van der Waals surface area contributed by atoms with Gasteiger partial charge in [0.15, 0.2) is 0 Å². The van der Waals surface area contributed by atoms with Crippen LogP contribution in [0.25, 0.3) is 0 Å². The summed E-state index contributed by atoms with van der Waals surface area (Å²) in [6, 6.07) is 4.67. The van der Waals surface area contributed by atoms with E-state index >= 15 is 0 Å². The molecule has 0 heterocycles. The minimum absolute atomic E-state index is 0.238. The van der Waals surface area contributed by atoms with Crippen LogP contribution in [0.5, 0.6) is 11.5 Å². The number of ether oxygens (including phenoxy) is 2. The zero-order valence-corrected chi connectivity index (χ0v) is 12.3. The highest BCUT2D eigenvalue weighted by Gasteiger charge is 2.29. The molecule has 4 nitrogen and oxygen atoms in total. The Kier molecular flexibility index (Phi) is 4.20. The Morgan fingerprint density at radius 1 is 1.16 bits per heavy atom. The Bertz CT molecular complexity index is 448. The van der Waals surface area contributed by atoms with Crippen LogP contribution in [-0.4, -0.2) is 33.4 Å². The molecule has 106 valence electrons. The standard InChI is InChI=1S/C15H24N2O2/c1-10-8-15(19-4)13(9-14(10)18-3)17(2)12-7-5-6-11(12)16/h8-9,11-12H,5-7,16H2,1-4H3. The van der Waals surface area contributed by atoms with Gasteiger partial charge in [-0.15, -0.1) is 0 Å². The number of rotatable bonds is 4. The lowest BCUT2D eigenvalue weighted by molar-refractivity contribution is 0.399. The van der Waals surface area contributed by atoms with Gasteiger partial charge in [-0.1, -0.05) is 0 Å². The van der Waals surface area contributed by atoms with Crippen LogP contribution >= 0.6 is 0 Å². The average molecular weight is 264 g/mol. The minimum Gasteiger partial charge on any atom is -0.496 e. The van der Waals surface area contributed by atoms with Crippen LogP contribution in [0.1, 0.15) is 24.8 Å². The van der Waals surface area contributed by atoms with Gasteiger partial charge in [0.2, 0.25) is 0 Å². The van der Waals surface area contributed by atoms with Crippen molar-refractivity contribution >= 4 is 5.69 Å². The number of hydrogen-bond donors (Lipinski definition) is 1. The Balaban J connectivity index is 2.36. The summed E-state index contributed by atoms with van der Waals surface area (Å²) in [6.45, 7) is 2.02. The maximum Gasteiger partial charge on any atom is 0.142 e. The summed E-state index contributed by atoms with van der Waals surface area (Å²) in [4.78, 5) is 2.23. The summed E-state index contributed by atoms with van der Waals surface area (Å²) in [7, 11) is 5.48. The maximum absolute atomic E-state index is 6.20. The number of nitrogens with two attached hydrogens (primary N) is 1. The number of likely N-dealkylation sites (N-methyl/N-ethyl adjacent to an activating group) is 1. The second-order valence-electron chi connectivity index (χ2n) is 5.27. The summed E-state index contributed by atoms with van der Waals surface area (Å²) in [5, 5.41) is 0. The van der Waals surface area contributed by atoms with Crippen LogP contribution in [0.4, 0.5) is 5.69 Å². The summed E-state index contributed by atoms with van der Waals surface area (Å²) < 4.78 is 10.9. The fraction of sp³-hybridized carbons (Fsp3) is 0.600. The van der Waals surface area contributed by atoms with Gasteiger partial charge < -0.3 is 20.1 Å². The first-order chi connectivity index (χ1) is 9.08. The molecule has 1 aliphatic rings. The van der Waals surface area contributed by atoms with Gasteiger partial charge in [-0.3, -0.25) is 0 Å². The maximum atomic E-state index is 6.20. The molecule has 1 saturated carbocycles. The van der Waals surface area contributed by atoms with Crippen molar-refractivity contribution in [1.29, 1.82) is 0 Å². The van der Waals surface area contributed by atoms with E-state index in [9.17, 15) is 0 Å². The quantitative estimate of drug-likeness (QED) is 0.906. The molecule has 2 unspecified atom stereocenters. The van der Waals surface area contributed by atoms with Crippen molar-refractivity contribution in [1.82, 2.24) is 0 Å². The van der Waals surface area contributed by atoms with Gasteiger partial charge in [0.25, 0.3) is 0 Å².